The number of benzene rings is 2. The van der Waals surface area contributed by atoms with Crippen LogP contribution in [0, 0.1) is 0 Å². The maximum Gasteiger partial charge on any atom is 0.263 e. The van der Waals surface area contributed by atoms with E-state index in [-0.39, 0.29) is 39.0 Å². The number of para-hydroxylation sites is 2. The van der Waals surface area contributed by atoms with Gasteiger partial charge in [0.05, 0.1) is 12.0 Å². The second-order valence-electron chi connectivity index (χ2n) is 6.72. The van der Waals surface area contributed by atoms with E-state index in [1.807, 2.05) is 0 Å². The topological polar surface area (TPSA) is 116 Å². The van der Waals surface area contributed by atoms with Crippen LogP contribution in [0.25, 0.3) is 17.7 Å². The number of hydrogen-bond donors (Lipinski definition) is 1. The summed E-state index contributed by atoms with van der Waals surface area (Å²) in [5.74, 6) is 0.554. The summed E-state index contributed by atoms with van der Waals surface area (Å²) < 4.78 is 39.9. The van der Waals surface area contributed by atoms with Crippen molar-refractivity contribution in [3.05, 3.63) is 84.3 Å². The highest BCUT2D eigenvalue weighted by atomic mass is 35.5. The van der Waals surface area contributed by atoms with Gasteiger partial charge < -0.3 is 9.47 Å². The Kier molecular flexibility index (Phi) is 6.71. The molecule has 0 radical (unpaired) electrons. The van der Waals surface area contributed by atoms with Crippen molar-refractivity contribution in [3.63, 3.8) is 0 Å². The highest BCUT2D eigenvalue weighted by Crippen LogP contribution is 2.39. The summed E-state index contributed by atoms with van der Waals surface area (Å²) in [6.07, 6.45) is 4.62. The smallest absolute Gasteiger partial charge is 0.263 e. The molecule has 0 atom stereocenters. The molecule has 34 heavy (non-hydrogen) atoms. The van der Waals surface area contributed by atoms with E-state index < -0.39 is 10.0 Å². The summed E-state index contributed by atoms with van der Waals surface area (Å²) in [6.45, 7) is 3.67. The van der Waals surface area contributed by atoms with Crippen LogP contribution in [-0.2, 0) is 10.0 Å². The fourth-order valence-electron chi connectivity index (χ4n) is 2.88. The minimum absolute atomic E-state index is 0.00795. The van der Waals surface area contributed by atoms with Gasteiger partial charge in [0, 0.05) is 12.4 Å². The quantitative estimate of drug-likeness (QED) is 0.345. The molecule has 4 rings (SSSR count). The Labute approximate surface area is 201 Å². The molecular weight excluding hydrogens is 478 g/mol. The molecule has 0 bridgehead atoms. The highest BCUT2D eigenvalue weighted by Gasteiger charge is 2.24. The molecule has 11 heteroatoms. The van der Waals surface area contributed by atoms with Crippen LogP contribution in [0.2, 0.25) is 5.15 Å². The van der Waals surface area contributed by atoms with Crippen LogP contribution in [0.1, 0.15) is 5.56 Å². The number of ether oxygens (including phenoxy) is 2. The van der Waals surface area contributed by atoms with Gasteiger partial charge >= 0.3 is 0 Å². The summed E-state index contributed by atoms with van der Waals surface area (Å²) in [5.41, 5.74) is 0.771. The largest absolute Gasteiger partial charge is 0.493 e. The molecule has 0 aliphatic rings. The zero-order valence-corrected chi connectivity index (χ0v) is 19.4. The first-order valence-corrected chi connectivity index (χ1v) is 11.7. The number of methoxy groups -OCH3 is 1. The van der Waals surface area contributed by atoms with Gasteiger partial charge in [-0.15, -0.1) is 0 Å². The maximum atomic E-state index is 13.1. The number of nitrogens with zero attached hydrogens (tertiary/aromatic N) is 4. The Bertz CT molecular complexity index is 1430. The molecule has 0 saturated carbocycles. The first-order chi connectivity index (χ1) is 16.4. The number of halogens is 1. The molecule has 0 unspecified atom stereocenters. The van der Waals surface area contributed by atoms with Crippen LogP contribution in [-0.4, -0.2) is 35.5 Å². The second kappa shape index (κ2) is 9.86. The van der Waals surface area contributed by atoms with Gasteiger partial charge in [-0.05, 0) is 35.9 Å². The third-order valence-electron chi connectivity index (χ3n) is 4.53. The summed E-state index contributed by atoms with van der Waals surface area (Å²) in [6, 6.07) is 14.6. The molecule has 2 aromatic carbocycles. The molecule has 0 aliphatic heterocycles. The van der Waals surface area contributed by atoms with Crippen molar-refractivity contribution in [3.8, 4) is 28.9 Å². The van der Waals surface area contributed by atoms with E-state index in [1.54, 1.807) is 48.5 Å². The van der Waals surface area contributed by atoms with Crippen molar-refractivity contribution in [2.75, 3.05) is 11.8 Å². The third kappa shape index (κ3) is 4.98. The number of anilines is 1. The van der Waals surface area contributed by atoms with Gasteiger partial charge in [0.2, 0.25) is 11.6 Å². The zero-order valence-electron chi connectivity index (χ0n) is 17.8. The highest BCUT2D eigenvalue weighted by molar-refractivity contribution is 7.92. The Hall–Kier alpha value is -4.02. The van der Waals surface area contributed by atoms with E-state index in [0.717, 1.165) is 5.56 Å². The molecule has 2 heterocycles. The molecule has 0 amide bonds. The van der Waals surface area contributed by atoms with Crippen LogP contribution in [0.15, 0.2) is 78.5 Å². The molecule has 172 valence electrons. The van der Waals surface area contributed by atoms with Crippen LogP contribution in [0.5, 0.6) is 17.2 Å². The molecule has 0 saturated heterocycles. The van der Waals surface area contributed by atoms with Gasteiger partial charge in [0.15, 0.2) is 28.3 Å². The Morgan fingerprint density at radius 1 is 0.941 bits per heavy atom. The van der Waals surface area contributed by atoms with E-state index in [0.29, 0.717) is 5.75 Å². The van der Waals surface area contributed by atoms with Gasteiger partial charge in [-0.2, -0.15) is 0 Å². The Morgan fingerprint density at radius 3 is 2.26 bits per heavy atom. The number of aromatic nitrogens is 4. The van der Waals surface area contributed by atoms with Crippen molar-refractivity contribution in [2.24, 2.45) is 0 Å². The molecule has 4 aromatic rings. The first-order valence-electron chi connectivity index (χ1n) is 9.82. The minimum Gasteiger partial charge on any atom is -0.493 e. The van der Waals surface area contributed by atoms with Crippen molar-refractivity contribution >= 4 is 33.5 Å². The fourth-order valence-corrected chi connectivity index (χ4v) is 4.09. The van der Waals surface area contributed by atoms with E-state index in [4.69, 9.17) is 21.1 Å². The lowest BCUT2D eigenvalue weighted by molar-refractivity contribution is 0.378. The summed E-state index contributed by atoms with van der Waals surface area (Å²) >= 11 is 6.43. The summed E-state index contributed by atoms with van der Waals surface area (Å²) in [7, 11) is -2.59. The third-order valence-corrected chi connectivity index (χ3v) is 6.14. The number of hydrogen-bond acceptors (Lipinski definition) is 8. The lowest BCUT2D eigenvalue weighted by Crippen LogP contribution is -2.15. The Morgan fingerprint density at radius 2 is 1.62 bits per heavy atom. The van der Waals surface area contributed by atoms with E-state index in [9.17, 15) is 8.42 Å². The van der Waals surface area contributed by atoms with Gasteiger partial charge in [-0.3, -0.25) is 4.72 Å². The monoisotopic (exact) mass is 495 g/mol. The molecule has 0 aliphatic carbocycles. The lowest BCUT2D eigenvalue weighted by atomic mass is 10.2. The summed E-state index contributed by atoms with van der Waals surface area (Å²) in [4.78, 5) is 16.7. The molecule has 1 N–H and O–H groups in total. The first kappa shape index (κ1) is 23.1. The van der Waals surface area contributed by atoms with Gasteiger partial charge in [-0.25, -0.2) is 28.4 Å². The van der Waals surface area contributed by atoms with Crippen LogP contribution in [0.4, 0.5) is 5.82 Å². The van der Waals surface area contributed by atoms with Crippen molar-refractivity contribution in [2.45, 2.75) is 4.90 Å². The van der Waals surface area contributed by atoms with Gasteiger partial charge in [-0.1, -0.05) is 48.5 Å². The standard InChI is InChI=1S/C23H18ClN5O4S/c1-3-15-9-11-16(12-10-15)34(30,31)29-21-19(33-18-8-5-4-7-17(18)32-2)20(24)27-23(28-21)22-25-13-6-14-26-22/h3-14H,1H2,2H3,(H,27,28,29). The van der Waals surface area contributed by atoms with Crippen molar-refractivity contribution < 1.29 is 17.9 Å². The average molecular weight is 496 g/mol. The normalized spacial score (nSPS) is 11.0. The molecule has 0 spiro atoms. The van der Waals surface area contributed by atoms with Crippen LogP contribution in [0.3, 0.4) is 0 Å². The molecular formula is C23H18ClN5O4S. The Balaban J connectivity index is 1.81. The van der Waals surface area contributed by atoms with Gasteiger partial charge in [0.1, 0.15) is 0 Å². The van der Waals surface area contributed by atoms with Crippen LogP contribution < -0.4 is 14.2 Å². The number of nitrogens with one attached hydrogen (secondary N) is 1. The maximum absolute atomic E-state index is 13.1. The van der Waals surface area contributed by atoms with E-state index >= 15 is 0 Å². The fraction of sp³-hybridized carbons (Fsp3) is 0.0435. The molecule has 0 fully saturated rings. The second-order valence-corrected chi connectivity index (χ2v) is 8.76. The van der Waals surface area contributed by atoms with Gasteiger partial charge in [0.25, 0.3) is 10.0 Å². The lowest BCUT2D eigenvalue weighted by Gasteiger charge is -2.16. The predicted molar refractivity (Wildman–Crippen MR) is 128 cm³/mol. The number of rotatable bonds is 8. The van der Waals surface area contributed by atoms with Crippen molar-refractivity contribution in [1.82, 2.24) is 19.9 Å². The minimum atomic E-state index is -4.07. The molecule has 9 nitrogen and oxygen atoms in total. The average Bonchev–Trinajstić information content (AvgIpc) is 2.86. The number of sulfonamides is 1. The SMILES string of the molecule is C=Cc1ccc(S(=O)(=O)Nc2nc(-c3ncccn3)nc(Cl)c2Oc2ccccc2OC)cc1. The zero-order chi connectivity index (χ0) is 24.1. The molecule has 2 aromatic heterocycles. The predicted octanol–water partition coefficient (Wildman–Crippen LogP) is 4.83. The van der Waals surface area contributed by atoms with Crippen molar-refractivity contribution in [1.29, 1.82) is 0 Å². The van der Waals surface area contributed by atoms with E-state index in [1.165, 1.54) is 31.6 Å². The summed E-state index contributed by atoms with van der Waals surface area (Å²) in [5, 5.41) is -0.150. The van der Waals surface area contributed by atoms with E-state index in [2.05, 4.69) is 31.2 Å². The van der Waals surface area contributed by atoms with Crippen LogP contribution >= 0.6 is 11.6 Å².